The van der Waals surface area contributed by atoms with Gasteiger partial charge >= 0.3 is 5.97 Å². The minimum Gasteiger partial charge on any atom is -0.483 e. The predicted octanol–water partition coefficient (Wildman–Crippen LogP) is 1.84. The van der Waals surface area contributed by atoms with Crippen LogP contribution in [0.4, 0.5) is 10.3 Å². The summed E-state index contributed by atoms with van der Waals surface area (Å²) >= 11 is 0. The third-order valence-corrected chi connectivity index (χ3v) is 2.44. The number of carbonyl (C=O) groups excluding carboxylic acids is 1. The normalized spacial score (nSPS) is 10.2. The summed E-state index contributed by atoms with van der Waals surface area (Å²) in [6.07, 6.45) is 0. The summed E-state index contributed by atoms with van der Waals surface area (Å²) in [5.41, 5.74) is -0.0367. The number of aromatic nitrogens is 1. The Labute approximate surface area is 118 Å². The summed E-state index contributed by atoms with van der Waals surface area (Å²) in [4.78, 5) is 22.5. The second-order valence-corrected chi connectivity index (χ2v) is 4.09. The van der Waals surface area contributed by atoms with Crippen LogP contribution in [0.25, 0.3) is 0 Å². The lowest BCUT2D eigenvalue weighted by atomic mass is 10.2. The predicted molar refractivity (Wildman–Crippen MR) is 68.7 cm³/mol. The summed E-state index contributed by atoms with van der Waals surface area (Å²) in [7, 11) is 0. The molecule has 110 valence electrons. The molecule has 1 aromatic carbocycles. The number of amides is 1. The summed E-state index contributed by atoms with van der Waals surface area (Å²) in [5, 5.41) is 14.8. The molecule has 0 fully saturated rings. The van der Waals surface area contributed by atoms with Crippen LogP contribution < -0.4 is 10.1 Å². The SMILES string of the molecule is Cc1cc(NC(=O)COc2cccc(F)c2C(=O)O)on1. The van der Waals surface area contributed by atoms with Gasteiger partial charge in [0.1, 0.15) is 17.1 Å². The molecule has 2 aromatic rings. The average Bonchev–Trinajstić information content (AvgIpc) is 2.81. The topological polar surface area (TPSA) is 102 Å². The van der Waals surface area contributed by atoms with Crippen LogP contribution in [0.1, 0.15) is 16.1 Å². The van der Waals surface area contributed by atoms with Gasteiger partial charge < -0.3 is 14.4 Å². The first kappa shape index (κ1) is 14.5. The van der Waals surface area contributed by atoms with Crippen molar-refractivity contribution >= 4 is 17.8 Å². The molecular formula is C13H11FN2O5. The van der Waals surface area contributed by atoms with Crippen LogP contribution in [0.3, 0.4) is 0 Å². The molecule has 0 saturated carbocycles. The van der Waals surface area contributed by atoms with Gasteiger partial charge in [0.25, 0.3) is 5.91 Å². The van der Waals surface area contributed by atoms with Gasteiger partial charge in [-0.3, -0.25) is 10.1 Å². The number of rotatable bonds is 5. The molecule has 0 aliphatic rings. The molecule has 2 N–H and O–H groups in total. The summed E-state index contributed by atoms with van der Waals surface area (Å²) in [5.74, 6) is -3.10. The minimum absolute atomic E-state index is 0.138. The van der Waals surface area contributed by atoms with E-state index in [1.165, 1.54) is 18.2 Å². The van der Waals surface area contributed by atoms with Crippen molar-refractivity contribution < 1.29 is 28.3 Å². The van der Waals surface area contributed by atoms with Crippen molar-refractivity contribution in [3.63, 3.8) is 0 Å². The Balaban J connectivity index is 2.01. The lowest BCUT2D eigenvalue weighted by Crippen LogP contribution is -2.20. The van der Waals surface area contributed by atoms with Crippen molar-refractivity contribution in [1.29, 1.82) is 0 Å². The van der Waals surface area contributed by atoms with Crippen LogP contribution >= 0.6 is 0 Å². The molecule has 1 aromatic heterocycles. The lowest BCUT2D eigenvalue weighted by molar-refractivity contribution is -0.118. The molecule has 0 unspecified atom stereocenters. The van der Waals surface area contributed by atoms with Crippen molar-refractivity contribution in [3.05, 3.63) is 41.3 Å². The van der Waals surface area contributed by atoms with E-state index in [1.807, 2.05) is 0 Å². The number of benzene rings is 1. The number of hydrogen-bond acceptors (Lipinski definition) is 5. The molecule has 2 rings (SSSR count). The van der Waals surface area contributed by atoms with E-state index in [0.29, 0.717) is 5.69 Å². The van der Waals surface area contributed by atoms with Crippen LogP contribution in [0, 0.1) is 12.7 Å². The zero-order valence-electron chi connectivity index (χ0n) is 10.9. The smallest absolute Gasteiger partial charge is 0.342 e. The molecule has 0 saturated heterocycles. The zero-order valence-corrected chi connectivity index (χ0v) is 10.9. The van der Waals surface area contributed by atoms with E-state index in [-0.39, 0.29) is 11.6 Å². The van der Waals surface area contributed by atoms with Crippen molar-refractivity contribution in [2.24, 2.45) is 0 Å². The molecule has 1 amide bonds. The van der Waals surface area contributed by atoms with Gasteiger partial charge in [0, 0.05) is 6.07 Å². The van der Waals surface area contributed by atoms with Gasteiger partial charge in [-0.2, -0.15) is 0 Å². The van der Waals surface area contributed by atoms with Gasteiger partial charge in [0.2, 0.25) is 5.88 Å². The van der Waals surface area contributed by atoms with Crippen LogP contribution in [-0.2, 0) is 4.79 Å². The Bertz CT molecular complexity index is 683. The minimum atomic E-state index is -1.48. The first-order valence-electron chi connectivity index (χ1n) is 5.85. The van der Waals surface area contributed by atoms with Gasteiger partial charge in [0.05, 0.1) is 5.69 Å². The second kappa shape index (κ2) is 6.04. The third-order valence-electron chi connectivity index (χ3n) is 2.44. The number of carbonyl (C=O) groups is 2. The van der Waals surface area contributed by atoms with Gasteiger partial charge in [0.15, 0.2) is 6.61 Å². The van der Waals surface area contributed by atoms with E-state index >= 15 is 0 Å². The van der Waals surface area contributed by atoms with Crippen molar-refractivity contribution in [1.82, 2.24) is 5.16 Å². The van der Waals surface area contributed by atoms with Crippen LogP contribution in [-0.4, -0.2) is 28.7 Å². The van der Waals surface area contributed by atoms with E-state index in [1.54, 1.807) is 6.92 Å². The number of carboxylic acid groups (broad SMARTS) is 1. The summed E-state index contributed by atoms with van der Waals surface area (Å²) in [6, 6.07) is 5.05. The Morgan fingerprint density at radius 3 is 2.86 bits per heavy atom. The maximum atomic E-state index is 13.4. The van der Waals surface area contributed by atoms with Crippen molar-refractivity contribution in [2.75, 3.05) is 11.9 Å². The van der Waals surface area contributed by atoms with Crippen molar-refractivity contribution in [2.45, 2.75) is 6.92 Å². The number of aromatic carboxylic acids is 1. The van der Waals surface area contributed by atoms with E-state index in [0.717, 1.165) is 6.07 Å². The van der Waals surface area contributed by atoms with Gasteiger partial charge in [-0.1, -0.05) is 11.2 Å². The molecular weight excluding hydrogens is 283 g/mol. The molecule has 21 heavy (non-hydrogen) atoms. The van der Waals surface area contributed by atoms with E-state index in [9.17, 15) is 14.0 Å². The molecule has 0 aliphatic carbocycles. The van der Waals surface area contributed by atoms with Gasteiger partial charge in [-0.25, -0.2) is 9.18 Å². The maximum Gasteiger partial charge on any atom is 0.342 e. The highest BCUT2D eigenvalue weighted by atomic mass is 19.1. The monoisotopic (exact) mass is 294 g/mol. The first-order chi connectivity index (χ1) is 9.97. The molecule has 0 aliphatic heterocycles. The number of anilines is 1. The van der Waals surface area contributed by atoms with Crippen LogP contribution in [0.5, 0.6) is 5.75 Å². The average molecular weight is 294 g/mol. The number of carboxylic acids is 1. The highest BCUT2D eigenvalue weighted by Gasteiger charge is 2.18. The van der Waals surface area contributed by atoms with Crippen LogP contribution in [0.2, 0.25) is 0 Å². The van der Waals surface area contributed by atoms with Crippen LogP contribution in [0.15, 0.2) is 28.8 Å². The van der Waals surface area contributed by atoms with Gasteiger partial charge in [-0.15, -0.1) is 0 Å². The largest absolute Gasteiger partial charge is 0.483 e. The van der Waals surface area contributed by atoms with E-state index in [4.69, 9.17) is 14.4 Å². The van der Waals surface area contributed by atoms with Crippen molar-refractivity contribution in [3.8, 4) is 5.75 Å². The van der Waals surface area contributed by atoms with E-state index in [2.05, 4.69) is 10.5 Å². The number of halogens is 1. The second-order valence-electron chi connectivity index (χ2n) is 4.09. The zero-order chi connectivity index (χ0) is 15.4. The standard InChI is InChI=1S/C13H11FN2O5/c1-7-5-11(21-16-7)15-10(17)6-20-9-4-2-3-8(14)12(9)13(18)19/h2-5H,6H2,1H3,(H,15,17)(H,18,19). The number of aryl methyl sites for hydroxylation is 1. The summed E-state index contributed by atoms with van der Waals surface area (Å²) < 4.78 is 23.2. The quantitative estimate of drug-likeness (QED) is 0.872. The number of nitrogens with one attached hydrogen (secondary N) is 1. The first-order valence-corrected chi connectivity index (χ1v) is 5.85. The number of nitrogens with zero attached hydrogens (tertiary/aromatic N) is 1. The van der Waals surface area contributed by atoms with Gasteiger partial charge in [-0.05, 0) is 19.1 Å². The fraction of sp³-hybridized carbons (Fsp3) is 0.154. The fourth-order valence-electron chi connectivity index (χ4n) is 1.57. The fourth-order valence-corrected chi connectivity index (χ4v) is 1.57. The maximum absolute atomic E-state index is 13.4. The molecule has 1 heterocycles. The molecule has 7 nitrogen and oxygen atoms in total. The Morgan fingerprint density at radius 1 is 1.48 bits per heavy atom. The highest BCUT2D eigenvalue weighted by Crippen LogP contribution is 2.21. The summed E-state index contributed by atoms with van der Waals surface area (Å²) in [6.45, 7) is 1.19. The molecule has 0 radical (unpaired) electrons. The Morgan fingerprint density at radius 2 is 2.24 bits per heavy atom. The molecule has 0 bridgehead atoms. The highest BCUT2D eigenvalue weighted by molar-refractivity contribution is 5.92. The Hall–Kier alpha value is -2.90. The number of ether oxygens (including phenoxy) is 1. The molecule has 0 spiro atoms. The Kier molecular flexibility index (Phi) is 4.17. The third kappa shape index (κ3) is 3.56. The molecule has 0 atom stereocenters. The number of hydrogen-bond donors (Lipinski definition) is 2. The van der Waals surface area contributed by atoms with E-state index < -0.39 is 29.9 Å². The molecule has 8 heteroatoms. The lowest BCUT2D eigenvalue weighted by Gasteiger charge is -2.08.